The van der Waals surface area contributed by atoms with E-state index in [4.69, 9.17) is 0 Å². The van der Waals surface area contributed by atoms with Crippen LogP contribution < -0.4 is 0 Å². The molecule has 1 heteroatoms. The fourth-order valence-corrected chi connectivity index (χ4v) is 2.69. The summed E-state index contributed by atoms with van der Waals surface area (Å²) in [7, 11) is 0. The van der Waals surface area contributed by atoms with Gasteiger partial charge in [0.15, 0.2) is 0 Å². The van der Waals surface area contributed by atoms with Crippen molar-refractivity contribution in [3.63, 3.8) is 0 Å². The van der Waals surface area contributed by atoms with Gasteiger partial charge in [-0.05, 0) is 24.2 Å². The van der Waals surface area contributed by atoms with Crippen molar-refractivity contribution in [2.75, 3.05) is 6.61 Å². The van der Waals surface area contributed by atoms with Crippen LogP contribution in [0.5, 0.6) is 0 Å². The normalized spacial score (nSPS) is 20.6. The van der Waals surface area contributed by atoms with Crippen LogP contribution >= 0.6 is 0 Å². The van der Waals surface area contributed by atoms with Crippen molar-refractivity contribution < 1.29 is 5.11 Å². The topological polar surface area (TPSA) is 20.2 Å². The molecular formula is C13H26O. The largest absolute Gasteiger partial charge is 0.396 e. The Morgan fingerprint density at radius 1 is 1.14 bits per heavy atom. The van der Waals surface area contributed by atoms with E-state index in [-0.39, 0.29) is 0 Å². The van der Waals surface area contributed by atoms with Gasteiger partial charge in [-0.25, -0.2) is 0 Å². The van der Waals surface area contributed by atoms with E-state index in [1.165, 1.54) is 44.9 Å². The van der Waals surface area contributed by atoms with Crippen LogP contribution in [-0.4, -0.2) is 11.7 Å². The Kier molecular flexibility index (Phi) is 5.54. The number of hydrogen-bond donors (Lipinski definition) is 1. The highest BCUT2D eigenvalue weighted by atomic mass is 16.3. The maximum atomic E-state index is 9.35. The first kappa shape index (κ1) is 12.0. The summed E-state index contributed by atoms with van der Waals surface area (Å²) in [6.45, 7) is 4.98. The summed E-state index contributed by atoms with van der Waals surface area (Å²) in [6, 6.07) is 0. The lowest BCUT2D eigenvalue weighted by atomic mass is 9.86. The Morgan fingerprint density at radius 3 is 2.29 bits per heavy atom. The summed E-state index contributed by atoms with van der Waals surface area (Å²) in [5.74, 6) is 2.27. The Labute approximate surface area is 88.9 Å². The number of hydrogen-bond acceptors (Lipinski definition) is 1. The van der Waals surface area contributed by atoms with Crippen LogP contribution in [0.15, 0.2) is 0 Å². The number of rotatable bonds is 6. The minimum Gasteiger partial charge on any atom is -0.396 e. The molecule has 84 valence electrons. The molecule has 0 aromatic rings. The van der Waals surface area contributed by atoms with Crippen molar-refractivity contribution in [3.05, 3.63) is 0 Å². The highest BCUT2D eigenvalue weighted by molar-refractivity contribution is 4.75. The van der Waals surface area contributed by atoms with Crippen molar-refractivity contribution in [1.82, 2.24) is 0 Å². The van der Waals surface area contributed by atoms with Crippen molar-refractivity contribution in [2.24, 2.45) is 17.8 Å². The van der Waals surface area contributed by atoms with Crippen LogP contribution in [0.25, 0.3) is 0 Å². The highest BCUT2D eigenvalue weighted by Crippen LogP contribution is 2.33. The second-order valence-electron chi connectivity index (χ2n) is 5.31. The molecule has 1 fully saturated rings. The zero-order chi connectivity index (χ0) is 10.4. The van der Waals surface area contributed by atoms with Gasteiger partial charge >= 0.3 is 0 Å². The van der Waals surface area contributed by atoms with Gasteiger partial charge in [-0.1, -0.05) is 52.4 Å². The third kappa shape index (κ3) is 4.00. The minimum atomic E-state index is 0.419. The fourth-order valence-electron chi connectivity index (χ4n) is 2.69. The standard InChI is InChI=1S/C13H26O/c1-11(2)6-5-9-13(10-14)12-7-3-4-8-12/h11-14H,3-10H2,1-2H3. The van der Waals surface area contributed by atoms with E-state index >= 15 is 0 Å². The van der Waals surface area contributed by atoms with E-state index in [0.717, 1.165) is 11.8 Å². The lowest BCUT2D eigenvalue weighted by Gasteiger charge is -2.21. The molecule has 0 amide bonds. The molecular weight excluding hydrogens is 172 g/mol. The smallest absolute Gasteiger partial charge is 0.0461 e. The first-order valence-electron chi connectivity index (χ1n) is 6.35. The van der Waals surface area contributed by atoms with Crippen molar-refractivity contribution in [2.45, 2.75) is 58.8 Å². The summed E-state index contributed by atoms with van der Waals surface area (Å²) >= 11 is 0. The van der Waals surface area contributed by atoms with E-state index in [9.17, 15) is 5.11 Å². The maximum Gasteiger partial charge on any atom is 0.0461 e. The molecule has 1 atom stereocenters. The molecule has 1 N–H and O–H groups in total. The van der Waals surface area contributed by atoms with Gasteiger partial charge < -0.3 is 5.11 Å². The zero-order valence-electron chi connectivity index (χ0n) is 9.84. The van der Waals surface area contributed by atoms with Gasteiger partial charge in [0.25, 0.3) is 0 Å². The Morgan fingerprint density at radius 2 is 1.79 bits per heavy atom. The average molecular weight is 198 g/mol. The molecule has 0 heterocycles. The lowest BCUT2D eigenvalue weighted by molar-refractivity contribution is 0.164. The third-order valence-corrected chi connectivity index (χ3v) is 3.66. The summed E-state index contributed by atoms with van der Waals surface area (Å²) in [4.78, 5) is 0. The van der Waals surface area contributed by atoms with Crippen molar-refractivity contribution >= 4 is 0 Å². The summed E-state index contributed by atoms with van der Waals surface area (Å²) in [6.07, 6.45) is 9.40. The molecule has 1 unspecified atom stereocenters. The van der Waals surface area contributed by atoms with Crippen molar-refractivity contribution in [1.29, 1.82) is 0 Å². The van der Waals surface area contributed by atoms with Crippen LogP contribution in [-0.2, 0) is 0 Å². The van der Waals surface area contributed by atoms with E-state index in [0.29, 0.717) is 12.5 Å². The highest BCUT2D eigenvalue weighted by Gasteiger charge is 2.23. The predicted octanol–water partition coefficient (Wildman–Crippen LogP) is 3.61. The van der Waals surface area contributed by atoms with Gasteiger partial charge in [0.05, 0.1) is 0 Å². The Bertz CT molecular complexity index is 136. The number of aliphatic hydroxyl groups excluding tert-OH is 1. The molecule has 1 aliphatic rings. The minimum absolute atomic E-state index is 0.419. The predicted molar refractivity (Wildman–Crippen MR) is 61.2 cm³/mol. The van der Waals surface area contributed by atoms with Crippen LogP contribution in [0.1, 0.15) is 58.8 Å². The summed E-state index contributed by atoms with van der Waals surface area (Å²) in [5.41, 5.74) is 0. The molecule has 1 saturated carbocycles. The monoisotopic (exact) mass is 198 g/mol. The van der Waals surface area contributed by atoms with Gasteiger partial charge in [0, 0.05) is 6.61 Å². The molecule has 0 aliphatic heterocycles. The van der Waals surface area contributed by atoms with E-state index < -0.39 is 0 Å². The van der Waals surface area contributed by atoms with Crippen LogP contribution in [0.4, 0.5) is 0 Å². The SMILES string of the molecule is CC(C)CCCC(CO)C1CCCC1. The lowest BCUT2D eigenvalue weighted by Crippen LogP contribution is -2.16. The molecule has 0 bridgehead atoms. The number of aliphatic hydroxyl groups is 1. The molecule has 1 aliphatic carbocycles. The zero-order valence-corrected chi connectivity index (χ0v) is 9.84. The fraction of sp³-hybridized carbons (Fsp3) is 1.00. The molecule has 0 radical (unpaired) electrons. The molecule has 14 heavy (non-hydrogen) atoms. The molecule has 1 rings (SSSR count). The Balaban J connectivity index is 2.17. The van der Waals surface area contributed by atoms with Gasteiger partial charge in [-0.15, -0.1) is 0 Å². The van der Waals surface area contributed by atoms with Gasteiger partial charge in [0.2, 0.25) is 0 Å². The molecule has 0 aromatic heterocycles. The van der Waals surface area contributed by atoms with Crippen LogP contribution in [0, 0.1) is 17.8 Å². The van der Waals surface area contributed by atoms with Crippen molar-refractivity contribution in [3.8, 4) is 0 Å². The average Bonchev–Trinajstić information content (AvgIpc) is 2.64. The van der Waals surface area contributed by atoms with E-state index in [2.05, 4.69) is 13.8 Å². The first-order chi connectivity index (χ1) is 6.74. The second-order valence-corrected chi connectivity index (χ2v) is 5.31. The summed E-state index contributed by atoms with van der Waals surface area (Å²) in [5, 5.41) is 9.35. The third-order valence-electron chi connectivity index (χ3n) is 3.66. The molecule has 0 spiro atoms. The van der Waals surface area contributed by atoms with E-state index in [1.807, 2.05) is 0 Å². The Hall–Kier alpha value is -0.0400. The summed E-state index contributed by atoms with van der Waals surface area (Å²) < 4.78 is 0. The van der Waals surface area contributed by atoms with E-state index in [1.54, 1.807) is 0 Å². The van der Waals surface area contributed by atoms with Crippen LogP contribution in [0.2, 0.25) is 0 Å². The second kappa shape index (κ2) is 6.44. The van der Waals surface area contributed by atoms with Crippen LogP contribution in [0.3, 0.4) is 0 Å². The van der Waals surface area contributed by atoms with Gasteiger partial charge in [0.1, 0.15) is 0 Å². The van der Waals surface area contributed by atoms with Gasteiger partial charge in [-0.2, -0.15) is 0 Å². The quantitative estimate of drug-likeness (QED) is 0.691. The molecule has 0 aromatic carbocycles. The first-order valence-corrected chi connectivity index (χ1v) is 6.35. The molecule has 0 saturated heterocycles. The maximum absolute atomic E-state index is 9.35. The van der Waals surface area contributed by atoms with Gasteiger partial charge in [-0.3, -0.25) is 0 Å². The molecule has 1 nitrogen and oxygen atoms in total.